The summed E-state index contributed by atoms with van der Waals surface area (Å²) in [6.07, 6.45) is 2.95. The zero-order valence-electron chi connectivity index (χ0n) is 7.52. The number of rotatable bonds is 3. The minimum absolute atomic E-state index is 0.249. The fourth-order valence-corrected chi connectivity index (χ4v) is 0.563. The van der Waals surface area contributed by atoms with Crippen LogP contribution in [0.4, 0.5) is 0 Å². The fourth-order valence-electron chi connectivity index (χ4n) is 0.563. The Morgan fingerprint density at radius 1 is 1.55 bits per heavy atom. The standard InChI is InChI=1S/C9H16O2/c1-5-6-7-8(10)11-9(2,3)4/h7H,1,5-6H2,2-4H3. The predicted molar refractivity (Wildman–Crippen MR) is 44.7 cm³/mol. The Hall–Kier alpha value is -0.530. The van der Waals surface area contributed by atoms with E-state index in [1.165, 1.54) is 6.42 Å². The second kappa shape index (κ2) is 4.37. The molecule has 0 aromatic rings. The van der Waals surface area contributed by atoms with E-state index < -0.39 is 0 Å². The van der Waals surface area contributed by atoms with Gasteiger partial charge in [0.05, 0.1) is 6.42 Å². The van der Waals surface area contributed by atoms with Crippen LogP contribution < -0.4 is 0 Å². The van der Waals surface area contributed by atoms with Crippen molar-refractivity contribution in [1.29, 1.82) is 0 Å². The minimum Gasteiger partial charge on any atom is -0.460 e. The van der Waals surface area contributed by atoms with Crippen LogP contribution in [0.25, 0.3) is 0 Å². The summed E-state index contributed by atoms with van der Waals surface area (Å²) in [4.78, 5) is 10.9. The number of carbonyl (C=O) groups is 1. The van der Waals surface area contributed by atoms with Crippen molar-refractivity contribution >= 4 is 5.97 Å². The van der Waals surface area contributed by atoms with Gasteiger partial charge < -0.3 is 4.74 Å². The lowest BCUT2D eigenvalue weighted by Gasteiger charge is -2.18. The molecule has 0 aromatic carbocycles. The van der Waals surface area contributed by atoms with Gasteiger partial charge in [0.15, 0.2) is 0 Å². The van der Waals surface area contributed by atoms with Crippen molar-refractivity contribution in [1.82, 2.24) is 0 Å². The van der Waals surface area contributed by atoms with Crippen LogP contribution in [0.3, 0.4) is 0 Å². The topological polar surface area (TPSA) is 26.3 Å². The van der Waals surface area contributed by atoms with E-state index in [9.17, 15) is 4.79 Å². The molecule has 0 heterocycles. The van der Waals surface area contributed by atoms with Crippen LogP contribution in [0.15, 0.2) is 0 Å². The molecule has 2 radical (unpaired) electrons. The summed E-state index contributed by atoms with van der Waals surface area (Å²) in [6.45, 7) is 9.17. The molecule has 0 N–H and O–H groups in total. The molecule has 2 heteroatoms. The highest BCUT2D eigenvalue weighted by molar-refractivity contribution is 5.79. The zero-order valence-corrected chi connectivity index (χ0v) is 7.52. The molecule has 0 aliphatic heterocycles. The molecule has 64 valence electrons. The van der Waals surface area contributed by atoms with Crippen molar-refractivity contribution in [2.45, 2.75) is 39.2 Å². The zero-order chi connectivity index (χ0) is 8.91. The van der Waals surface area contributed by atoms with Crippen LogP contribution in [-0.2, 0) is 9.53 Å². The molecule has 0 fully saturated rings. The molecule has 0 unspecified atom stereocenters. The molecule has 0 bridgehead atoms. The van der Waals surface area contributed by atoms with E-state index in [1.54, 1.807) is 0 Å². The normalized spacial score (nSPS) is 11.3. The van der Waals surface area contributed by atoms with Crippen LogP contribution >= 0.6 is 0 Å². The van der Waals surface area contributed by atoms with E-state index in [1.807, 2.05) is 20.8 Å². The first-order valence-corrected chi connectivity index (χ1v) is 3.81. The molecule has 0 saturated carbocycles. The summed E-state index contributed by atoms with van der Waals surface area (Å²) in [5.74, 6) is -0.249. The maximum absolute atomic E-state index is 10.9. The largest absolute Gasteiger partial charge is 0.460 e. The smallest absolute Gasteiger partial charge is 0.310 e. The van der Waals surface area contributed by atoms with Crippen molar-refractivity contribution in [2.75, 3.05) is 0 Å². The number of carbonyl (C=O) groups excluding carboxylic acids is 1. The van der Waals surface area contributed by atoms with Crippen LogP contribution in [-0.4, -0.2) is 11.6 Å². The second-order valence-corrected chi connectivity index (χ2v) is 3.38. The molecule has 0 aliphatic rings. The first-order chi connectivity index (χ1) is 4.95. The van der Waals surface area contributed by atoms with Gasteiger partial charge in [0.1, 0.15) is 5.60 Å². The van der Waals surface area contributed by atoms with Crippen molar-refractivity contribution < 1.29 is 9.53 Å². The second-order valence-electron chi connectivity index (χ2n) is 3.38. The van der Waals surface area contributed by atoms with Gasteiger partial charge in [0.2, 0.25) is 0 Å². The predicted octanol–water partition coefficient (Wildman–Crippen LogP) is 2.15. The third kappa shape index (κ3) is 7.37. The summed E-state index contributed by atoms with van der Waals surface area (Å²) in [5, 5.41) is 0. The van der Waals surface area contributed by atoms with Gasteiger partial charge in [-0.2, -0.15) is 0 Å². The van der Waals surface area contributed by atoms with Crippen LogP contribution in [0, 0.1) is 13.3 Å². The van der Waals surface area contributed by atoms with Gasteiger partial charge in [-0.15, -0.1) is 0 Å². The summed E-state index contributed by atoms with van der Waals surface area (Å²) in [5.41, 5.74) is -0.380. The Morgan fingerprint density at radius 3 is 2.45 bits per heavy atom. The average Bonchev–Trinajstić information content (AvgIpc) is 1.79. The molecule has 0 atom stereocenters. The molecule has 0 saturated heterocycles. The lowest BCUT2D eigenvalue weighted by Crippen LogP contribution is -2.23. The van der Waals surface area contributed by atoms with E-state index in [4.69, 9.17) is 4.74 Å². The van der Waals surface area contributed by atoms with E-state index in [2.05, 4.69) is 6.92 Å². The lowest BCUT2D eigenvalue weighted by molar-refractivity contribution is -0.150. The molecule has 0 rings (SSSR count). The van der Waals surface area contributed by atoms with Gasteiger partial charge in [0, 0.05) is 0 Å². The van der Waals surface area contributed by atoms with Gasteiger partial charge in [-0.05, 0) is 27.2 Å². The third-order valence-corrected chi connectivity index (χ3v) is 0.922. The minimum atomic E-state index is -0.380. The molecular weight excluding hydrogens is 140 g/mol. The van der Waals surface area contributed by atoms with Gasteiger partial charge in [-0.3, -0.25) is 4.79 Å². The average molecular weight is 156 g/mol. The van der Waals surface area contributed by atoms with Crippen LogP contribution in [0.2, 0.25) is 0 Å². The van der Waals surface area contributed by atoms with Gasteiger partial charge in [0.25, 0.3) is 0 Å². The summed E-state index contributed by atoms with van der Waals surface area (Å²) < 4.78 is 5.02. The van der Waals surface area contributed by atoms with Crippen LogP contribution in [0.1, 0.15) is 33.6 Å². The number of ether oxygens (including phenoxy) is 1. The van der Waals surface area contributed by atoms with Crippen molar-refractivity contribution in [3.63, 3.8) is 0 Å². The van der Waals surface area contributed by atoms with Gasteiger partial charge in [-0.1, -0.05) is 13.3 Å². The van der Waals surface area contributed by atoms with E-state index >= 15 is 0 Å². The monoisotopic (exact) mass is 156 g/mol. The highest BCUT2D eigenvalue weighted by Gasteiger charge is 2.15. The SMILES string of the molecule is [CH2]CC[CH]C(=O)OC(C)(C)C. The number of unbranched alkanes of at least 4 members (excludes halogenated alkanes) is 1. The van der Waals surface area contributed by atoms with E-state index in [-0.39, 0.29) is 11.6 Å². The Morgan fingerprint density at radius 2 is 2.09 bits per heavy atom. The van der Waals surface area contributed by atoms with Crippen molar-refractivity contribution in [3.05, 3.63) is 13.3 Å². The number of esters is 1. The molecule has 2 nitrogen and oxygen atoms in total. The maximum atomic E-state index is 10.9. The Bertz CT molecular complexity index is 122. The van der Waals surface area contributed by atoms with E-state index in [0.29, 0.717) is 6.42 Å². The Labute approximate surface area is 68.9 Å². The summed E-state index contributed by atoms with van der Waals surface area (Å²) in [7, 11) is 0. The molecule has 0 aromatic heterocycles. The third-order valence-electron chi connectivity index (χ3n) is 0.922. The number of hydrogen-bond donors (Lipinski definition) is 0. The van der Waals surface area contributed by atoms with Crippen LogP contribution in [0.5, 0.6) is 0 Å². The highest BCUT2D eigenvalue weighted by Crippen LogP contribution is 2.08. The quantitative estimate of drug-likeness (QED) is 0.585. The highest BCUT2D eigenvalue weighted by atomic mass is 16.6. The van der Waals surface area contributed by atoms with E-state index in [0.717, 1.165) is 6.42 Å². The van der Waals surface area contributed by atoms with Gasteiger partial charge >= 0.3 is 5.97 Å². The lowest BCUT2D eigenvalue weighted by atomic mass is 10.2. The Kier molecular flexibility index (Phi) is 4.16. The molecule has 0 amide bonds. The first kappa shape index (κ1) is 10.5. The summed E-state index contributed by atoms with van der Waals surface area (Å²) in [6, 6.07) is 0. The maximum Gasteiger partial charge on any atom is 0.310 e. The number of hydrogen-bond acceptors (Lipinski definition) is 2. The Balaban J connectivity index is 3.53. The van der Waals surface area contributed by atoms with Crippen molar-refractivity contribution in [2.24, 2.45) is 0 Å². The summed E-state index contributed by atoms with van der Waals surface area (Å²) >= 11 is 0. The molecule has 11 heavy (non-hydrogen) atoms. The fraction of sp³-hybridized carbons (Fsp3) is 0.667. The van der Waals surface area contributed by atoms with Gasteiger partial charge in [-0.25, -0.2) is 0 Å². The first-order valence-electron chi connectivity index (χ1n) is 3.81. The van der Waals surface area contributed by atoms with Crippen molar-refractivity contribution in [3.8, 4) is 0 Å². The molecule has 0 spiro atoms. The molecular formula is C9H16O2. The molecule has 0 aliphatic carbocycles.